The van der Waals surface area contributed by atoms with E-state index in [0.29, 0.717) is 24.8 Å². The van der Waals surface area contributed by atoms with Crippen LogP contribution in [-0.2, 0) is 17.9 Å². The second-order valence-corrected chi connectivity index (χ2v) is 7.97. The van der Waals surface area contributed by atoms with Crippen molar-refractivity contribution in [2.24, 2.45) is 5.92 Å². The lowest BCUT2D eigenvalue weighted by atomic mass is 9.89. The largest absolute Gasteiger partial charge is 0.335 e. The quantitative estimate of drug-likeness (QED) is 0.828. The average molecular weight is 330 g/mol. The summed E-state index contributed by atoms with van der Waals surface area (Å²) in [5, 5.41) is 4.85. The molecule has 2 saturated carbocycles. The van der Waals surface area contributed by atoms with Gasteiger partial charge in [0.05, 0.1) is 6.54 Å². The summed E-state index contributed by atoms with van der Waals surface area (Å²) in [5.41, 5.74) is 0. The minimum atomic E-state index is 0.299. The summed E-state index contributed by atoms with van der Waals surface area (Å²) in [5.74, 6) is 3.68. The van der Waals surface area contributed by atoms with E-state index in [9.17, 15) is 4.79 Å². The molecule has 1 amide bonds. The summed E-state index contributed by atoms with van der Waals surface area (Å²) in [6, 6.07) is 0. The van der Waals surface area contributed by atoms with Crippen LogP contribution in [-0.4, -0.2) is 32.1 Å². The second-order valence-electron chi connectivity index (χ2n) is 7.97. The molecule has 0 radical (unpaired) electrons. The Morgan fingerprint density at radius 3 is 2.54 bits per heavy atom. The predicted octanol–water partition coefficient (Wildman–Crippen LogP) is 3.64. The molecule has 1 saturated heterocycles. The van der Waals surface area contributed by atoms with Gasteiger partial charge in [-0.05, 0) is 44.4 Å². The van der Waals surface area contributed by atoms with Crippen molar-refractivity contribution in [3.05, 3.63) is 11.6 Å². The number of nitrogens with zero attached hydrogens (tertiary/aromatic N) is 4. The topological polar surface area (TPSA) is 51.0 Å². The van der Waals surface area contributed by atoms with Crippen LogP contribution in [0.4, 0.5) is 0 Å². The molecule has 5 heteroatoms. The number of rotatable bonds is 5. The Balaban J connectivity index is 1.50. The Morgan fingerprint density at radius 2 is 1.75 bits per heavy atom. The molecule has 24 heavy (non-hydrogen) atoms. The van der Waals surface area contributed by atoms with Gasteiger partial charge in [0.1, 0.15) is 5.82 Å². The zero-order valence-electron chi connectivity index (χ0n) is 14.8. The van der Waals surface area contributed by atoms with E-state index < -0.39 is 0 Å². The minimum Gasteiger partial charge on any atom is -0.335 e. The molecule has 0 unspecified atom stereocenters. The van der Waals surface area contributed by atoms with Crippen molar-refractivity contribution in [1.82, 2.24) is 19.7 Å². The third-order valence-electron chi connectivity index (χ3n) is 5.87. The minimum absolute atomic E-state index is 0.299. The summed E-state index contributed by atoms with van der Waals surface area (Å²) >= 11 is 0. The Morgan fingerprint density at radius 1 is 0.958 bits per heavy atom. The molecule has 1 aromatic rings. The molecular formula is C19H30N4O. The van der Waals surface area contributed by atoms with Crippen LogP contribution in [0, 0.1) is 5.92 Å². The first-order valence-electron chi connectivity index (χ1n) is 10.0. The summed E-state index contributed by atoms with van der Waals surface area (Å²) in [4.78, 5) is 19.2. The van der Waals surface area contributed by atoms with Crippen molar-refractivity contribution in [3.63, 3.8) is 0 Å². The molecule has 0 N–H and O–H groups in total. The molecule has 0 aromatic carbocycles. The SMILES string of the molecule is O=C1CCCCCN1Cc1nc(C2CC2)nn1CC1CCCCC1. The van der Waals surface area contributed by atoms with E-state index in [2.05, 4.69) is 4.68 Å². The van der Waals surface area contributed by atoms with E-state index in [-0.39, 0.29) is 0 Å². The second kappa shape index (κ2) is 7.24. The van der Waals surface area contributed by atoms with Crippen molar-refractivity contribution in [1.29, 1.82) is 0 Å². The molecule has 5 nitrogen and oxygen atoms in total. The Labute approximate surface area is 144 Å². The Kier molecular flexibility index (Phi) is 4.86. The van der Waals surface area contributed by atoms with Crippen LogP contribution in [0.1, 0.15) is 88.2 Å². The van der Waals surface area contributed by atoms with Crippen molar-refractivity contribution in [3.8, 4) is 0 Å². The molecule has 4 rings (SSSR count). The van der Waals surface area contributed by atoms with Gasteiger partial charge in [-0.2, -0.15) is 5.10 Å². The van der Waals surface area contributed by atoms with Gasteiger partial charge >= 0.3 is 0 Å². The summed E-state index contributed by atoms with van der Waals surface area (Å²) in [6.45, 7) is 2.54. The monoisotopic (exact) mass is 330 g/mol. The fraction of sp³-hybridized carbons (Fsp3) is 0.842. The van der Waals surface area contributed by atoms with Crippen LogP contribution >= 0.6 is 0 Å². The van der Waals surface area contributed by atoms with Crippen LogP contribution in [0.2, 0.25) is 0 Å². The smallest absolute Gasteiger partial charge is 0.222 e. The van der Waals surface area contributed by atoms with Crippen molar-refractivity contribution in [2.75, 3.05) is 6.54 Å². The molecule has 3 fully saturated rings. The molecule has 2 heterocycles. The number of hydrogen-bond donors (Lipinski definition) is 0. The van der Waals surface area contributed by atoms with Crippen molar-refractivity contribution >= 4 is 5.91 Å². The number of likely N-dealkylation sites (tertiary alicyclic amines) is 1. The molecule has 1 aliphatic heterocycles. The molecule has 132 valence electrons. The summed E-state index contributed by atoms with van der Waals surface area (Å²) < 4.78 is 2.15. The number of carbonyl (C=O) groups is 1. The number of hydrogen-bond acceptors (Lipinski definition) is 3. The van der Waals surface area contributed by atoms with Crippen molar-refractivity contribution in [2.45, 2.75) is 89.6 Å². The van der Waals surface area contributed by atoms with Gasteiger partial charge in [0, 0.05) is 25.4 Å². The first-order valence-corrected chi connectivity index (χ1v) is 10.0. The third-order valence-corrected chi connectivity index (χ3v) is 5.87. The number of amides is 1. The molecule has 3 aliphatic rings. The van der Waals surface area contributed by atoms with E-state index in [1.54, 1.807) is 0 Å². The van der Waals surface area contributed by atoms with E-state index in [4.69, 9.17) is 10.1 Å². The molecular weight excluding hydrogens is 300 g/mol. The third kappa shape index (κ3) is 3.81. The van der Waals surface area contributed by atoms with Crippen LogP contribution in [0.5, 0.6) is 0 Å². The Bertz CT molecular complexity index is 572. The number of carbonyl (C=O) groups excluding carboxylic acids is 1. The van der Waals surface area contributed by atoms with Gasteiger partial charge < -0.3 is 4.90 Å². The highest BCUT2D eigenvalue weighted by Gasteiger charge is 2.30. The van der Waals surface area contributed by atoms with Gasteiger partial charge in [0.25, 0.3) is 0 Å². The molecule has 0 atom stereocenters. The normalized spacial score (nSPS) is 23.5. The lowest BCUT2D eigenvalue weighted by molar-refractivity contribution is -0.131. The van der Waals surface area contributed by atoms with Gasteiger partial charge in [-0.25, -0.2) is 9.67 Å². The zero-order chi connectivity index (χ0) is 16.4. The molecule has 0 bridgehead atoms. The van der Waals surface area contributed by atoms with Crippen LogP contribution in [0.25, 0.3) is 0 Å². The van der Waals surface area contributed by atoms with Gasteiger partial charge in [-0.15, -0.1) is 0 Å². The van der Waals surface area contributed by atoms with Gasteiger partial charge in [0.2, 0.25) is 5.91 Å². The van der Waals surface area contributed by atoms with Crippen LogP contribution in [0.15, 0.2) is 0 Å². The average Bonchev–Trinajstić information content (AvgIpc) is 3.39. The first kappa shape index (κ1) is 16.1. The maximum Gasteiger partial charge on any atom is 0.222 e. The maximum absolute atomic E-state index is 12.3. The van der Waals surface area contributed by atoms with Crippen LogP contribution < -0.4 is 0 Å². The van der Waals surface area contributed by atoms with Gasteiger partial charge in [0.15, 0.2) is 5.82 Å². The van der Waals surface area contributed by atoms with E-state index in [1.807, 2.05) is 4.90 Å². The fourth-order valence-corrected chi connectivity index (χ4v) is 4.16. The predicted molar refractivity (Wildman–Crippen MR) is 92.5 cm³/mol. The van der Waals surface area contributed by atoms with E-state index >= 15 is 0 Å². The van der Waals surface area contributed by atoms with E-state index in [1.165, 1.54) is 51.4 Å². The number of aromatic nitrogens is 3. The highest BCUT2D eigenvalue weighted by Crippen LogP contribution is 2.38. The summed E-state index contributed by atoms with van der Waals surface area (Å²) in [6.07, 6.45) is 13.2. The molecule has 1 aromatic heterocycles. The van der Waals surface area contributed by atoms with Gasteiger partial charge in [-0.1, -0.05) is 25.7 Å². The lowest BCUT2D eigenvalue weighted by Crippen LogP contribution is -2.31. The zero-order valence-corrected chi connectivity index (χ0v) is 14.8. The first-order chi connectivity index (χ1) is 11.8. The van der Waals surface area contributed by atoms with E-state index in [0.717, 1.165) is 43.5 Å². The lowest BCUT2D eigenvalue weighted by Gasteiger charge is -2.23. The standard InChI is InChI=1S/C19H30N4O/c24-18-9-5-2-6-12-22(18)14-17-20-19(16-10-11-16)21-23(17)13-15-7-3-1-4-8-15/h15-16H,1-14H2. The van der Waals surface area contributed by atoms with Gasteiger partial charge in [-0.3, -0.25) is 4.79 Å². The van der Waals surface area contributed by atoms with Crippen LogP contribution in [0.3, 0.4) is 0 Å². The summed E-state index contributed by atoms with van der Waals surface area (Å²) in [7, 11) is 0. The maximum atomic E-state index is 12.3. The highest BCUT2D eigenvalue weighted by atomic mass is 16.2. The molecule has 0 spiro atoms. The Hall–Kier alpha value is -1.39. The fourth-order valence-electron chi connectivity index (χ4n) is 4.16. The highest BCUT2D eigenvalue weighted by molar-refractivity contribution is 5.76. The van der Waals surface area contributed by atoms with Crippen molar-refractivity contribution < 1.29 is 4.79 Å². The molecule has 2 aliphatic carbocycles.